The Morgan fingerprint density at radius 3 is 2.63 bits per heavy atom. The van der Waals surface area contributed by atoms with E-state index < -0.39 is 0 Å². The highest BCUT2D eigenvalue weighted by molar-refractivity contribution is 5.29. The van der Waals surface area contributed by atoms with Crippen molar-refractivity contribution in [2.75, 3.05) is 20.3 Å². The molecule has 0 radical (unpaired) electrons. The lowest BCUT2D eigenvalue weighted by molar-refractivity contribution is -0.0286. The molecule has 106 valence electrons. The summed E-state index contributed by atoms with van der Waals surface area (Å²) in [5.74, 6) is 0.839. The summed E-state index contributed by atoms with van der Waals surface area (Å²) in [5.41, 5.74) is 7.10. The number of hydrogen-bond acceptors (Lipinski definition) is 4. The zero-order chi connectivity index (χ0) is 13.7. The van der Waals surface area contributed by atoms with Crippen LogP contribution in [0.25, 0.3) is 0 Å². The summed E-state index contributed by atoms with van der Waals surface area (Å²) < 4.78 is 16.7. The van der Waals surface area contributed by atoms with Crippen LogP contribution in [0.5, 0.6) is 5.75 Å². The molecular weight excluding hydrogens is 242 g/mol. The van der Waals surface area contributed by atoms with Crippen LogP contribution in [-0.4, -0.2) is 32.5 Å². The van der Waals surface area contributed by atoms with Gasteiger partial charge in [0.15, 0.2) is 0 Å². The van der Waals surface area contributed by atoms with Crippen LogP contribution in [0.1, 0.15) is 31.4 Å². The Kier molecular flexibility index (Phi) is 5.19. The minimum Gasteiger partial charge on any atom is -0.497 e. The quantitative estimate of drug-likeness (QED) is 0.857. The Balaban J connectivity index is 1.97. The minimum atomic E-state index is -0.102. The highest BCUT2D eigenvalue weighted by Gasteiger charge is 2.21. The summed E-state index contributed by atoms with van der Waals surface area (Å²) in [5, 5.41) is 0. The van der Waals surface area contributed by atoms with Gasteiger partial charge in [-0.25, -0.2) is 0 Å². The molecule has 1 heterocycles. The third kappa shape index (κ3) is 3.93. The van der Waals surface area contributed by atoms with Crippen LogP contribution in [0.2, 0.25) is 0 Å². The molecule has 1 aliphatic rings. The summed E-state index contributed by atoms with van der Waals surface area (Å²) in [7, 11) is 1.66. The second-order valence-electron chi connectivity index (χ2n) is 5.02. The predicted molar refractivity (Wildman–Crippen MR) is 74.3 cm³/mol. The van der Waals surface area contributed by atoms with E-state index in [1.165, 1.54) is 0 Å². The van der Waals surface area contributed by atoms with E-state index in [0.29, 0.717) is 6.61 Å². The Hall–Kier alpha value is -1.10. The number of benzene rings is 1. The van der Waals surface area contributed by atoms with Crippen LogP contribution < -0.4 is 10.5 Å². The van der Waals surface area contributed by atoms with Gasteiger partial charge in [0.05, 0.1) is 25.9 Å². The van der Waals surface area contributed by atoms with E-state index in [0.717, 1.165) is 30.8 Å². The summed E-state index contributed by atoms with van der Waals surface area (Å²) in [6, 6.07) is 7.81. The van der Waals surface area contributed by atoms with Crippen LogP contribution in [-0.2, 0) is 9.47 Å². The number of hydrogen-bond donors (Lipinski definition) is 1. The molecule has 1 fully saturated rings. The van der Waals surface area contributed by atoms with Crippen LogP contribution in [0.3, 0.4) is 0 Å². The average molecular weight is 265 g/mol. The first-order valence-electron chi connectivity index (χ1n) is 6.83. The molecule has 0 aromatic heterocycles. The first-order valence-corrected chi connectivity index (χ1v) is 6.83. The van der Waals surface area contributed by atoms with Gasteiger partial charge in [0, 0.05) is 12.6 Å². The van der Waals surface area contributed by atoms with Gasteiger partial charge in [-0.15, -0.1) is 0 Å². The number of nitrogens with two attached hydrogens (primary N) is 1. The van der Waals surface area contributed by atoms with Crippen LogP contribution in [0.15, 0.2) is 24.3 Å². The summed E-state index contributed by atoms with van der Waals surface area (Å²) >= 11 is 0. The van der Waals surface area contributed by atoms with E-state index in [9.17, 15) is 0 Å². The standard InChI is InChI=1S/C15H23NO3/c1-11(16)15(19-10-14-4-3-9-18-14)12-5-7-13(17-2)8-6-12/h5-8,11,14-15H,3-4,9-10,16H2,1-2H3. The first kappa shape index (κ1) is 14.3. The van der Waals surface area contributed by atoms with Crippen molar-refractivity contribution in [2.45, 2.75) is 38.0 Å². The molecule has 0 amide bonds. The summed E-state index contributed by atoms with van der Waals surface area (Å²) in [6.45, 7) is 3.42. The van der Waals surface area contributed by atoms with Crippen molar-refractivity contribution in [3.8, 4) is 5.75 Å². The molecule has 0 aliphatic carbocycles. The zero-order valence-corrected chi connectivity index (χ0v) is 11.7. The molecule has 19 heavy (non-hydrogen) atoms. The van der Waals surface area contributed by atoms with Gasteiger partial charge in [-0.1, -0.05) is 12.1 Å². The Bertz CT molecular complexity index is 371. The van der Waals surface area contributed by atoms with E-state index in [-0.39, 0.29) is 18.2 Å². The molecule has 2 N–H and O–H groups in total. The predicted octanol–water partition coefficient (Wildman–Crippen LogP) is 2.28. The van der Waals surface area contributed by atoms with Crippen molar-refractivity contribution in [3.05, 3.63) is 29.8 Å². The molecule has 2 rings (SSSR count). The lowest BCUT2D eigenvalue weighted by atomic mass is 10.0. The maximum Gasteiger partial charge on any atom is 0.118 e. The van der Waals surface area contributed by atoms with Gasteiger partial charge in [-0.05, 0) is 37.5 Å². The topological polar surface area (TPSA) is 53.7 Å². The summed E-state index contributed by atoms with van der Waals surface area (Å²) in [4.78, 5) is 0. The first-order chi connectivity index (χ1) is 9.20. The van der Waals surface area contributed by atoms with Gasteiger partial charge in [0.25, 0.3) is 0 Å². The highest BCUT2D eigenvalue weighted by atomic mass is 16.5. The normalized spacial score (nSPS) is 22.2. The summed E-state index contributed by atoms with van der Waals surface area (Å²) in [6.07, 6.45) is 2.32. The molecule has 4 heteroatoms. The van der Waals surface area contributed by atoms with E-state index in [2.05, 4.69) is 0 Å². The molecule has 1 saturated heterocycles. The Morgan fingerprint density at radius 1 is 1.37 bits per heavy atom. The molecule has 1 aromatic carbocycles. The minimum absolute atomic E-state index is 0.0604. The van der Waals surface area contributed by atoms with Crippen molar-refractivity contribution >= 4 is 0 Å². The van der Waals surface area contributed by atoms with Crippen molar-refractivity contribution in [3.63, 3.8) is 0 Å². The molecular formula is C15H23NO3. The molecule has 3 atom stereocenters. The number of methoxy groups -OCH3 is 1. The molecule has 0 spiro atoms. The largest absolute Gasteiger partial charge is 0.497 e. The molecule has 3 unspecified atom stereocenters. The van der Waals surface area contributed by atoms with E-state index in [1.807, 2.05) is 31.2 Å². The molecule has 4 nitrogen and oxygen atoms in total. The fourth-order valence-electron chi connectivity index (χ4n) is 2.33. The molecule has 1 aromatic rings. The van der Waals surface area contributed by atoms with Gasteiger partial charge in [-0.2, -0.15) is 0 Å². The van der Waals surface area contributed by atoms with Gasteiger partial charge in [-0.3, -0.25) is 0 Å². The second kappa shape index (κ2) is 6.89. The zero-order valence-electron chi connectivity index (χ0n) is 11.7. The Labute approximate surface area is 114 Å². The van der Waals surface area contributed by atoms with Crippen molar-refractivity contribution < 1.29 is 14.2 Å². The van der Waals surface area contributed by atoms with Gasteiger partial charge < -0.3 is 19.9 Å². The van der Waals surface area contributed by atoms with Crippen LogP contribution in [0.4, 0.5) is 0 Å². The SMILES string of the molecule is COc1ccc(C(OCC2CCCO2)C(C)N)cc1. The smallest absolute Gasteiger partial charge is 0.118 e. The van der Waals surface area contributed by atoms with Crippen molar-refractivity contribution in [1.29, 1.82) is 0 Å². The van der Waals surface area contributed by atoms with Crippen LogP contribution >= 0.6 is 0 Å². The number of rotatable bonds is 6. The number of ether oxygens (including phenoxy) is 3. The Morgan fingerprint density at radius 2 is 2.11 bits per heavy atom. The van der Waals surface area contributed by atoms with Crippen molar-refractivity contribution in [1.82, 2.24) is 0 Å². The van der Waals surface area contributed by atoms with Gasteiger partial charge >= 0.3 is 0 Å². The second-order valence-corrected chi connectivity index (χ2v) is 5.02. The van der Waals surface area contributed by atoms with Crippen molar-refractivity contribution in [2.24, 2.45) is 5.73 Å². The molecule has 0 saturated carbocycles. The molecule has 1 aliphatic heterocycles. The monoisotopic (exact) mass is 265 g/mol. The van der Waals surface area contributed by atoms with E-state index >= 15 is 0 Å². The lowest BCUT2D eigenvalue weighted by Gasteiger charge is -2.23. The van der Waals surface area contributed by atoms with Crippen LogP contribution in [0, 0.1) is 0 Å². The maximum atomic E-state index is 6.03. The lowest BCUT2D eigenvalue weighted by Crippen LogP contribution is -2.29. The fraction of sp³-hybridized carbons (Fsp3) is 0.600. The molecule has 0 bridgehead atoms. The third-order valence-electron chi connectivity index (χ3n) is 3.41. The average Bonchev–Trinajstić information content (AvgIpc) is 2.92. The maximum absolute atomic E-state index is 6.03. The van der Waals surface area contributed by atoms with E-state index in [1.54, 1.807) is 7.11 Å². The van der Waals surface area contributed by atoms with E-state index in [4.69, 9.17) is 19.9 Å². The van der Waals surface area contributed by atoms with Gasteiger partial charge in [0.2, 0.25) is 0 Å². The third-order valence-corrected chi connectivity index (χ3v) is 3.41. The highest BCUT2D eigenvalue weighted by Crippen LogP contribution is 2.24. The van der Waals surface area contributed by atoms with Gasteiger partial charge in [0.1, 0.15) is 5.75 Å². The fourth-order valence-corrected chi connectivity index (χ4v) is 2.33.